The van der Waals surface area contributed by atoms with Crippen molar-refractivity contribution in [1.82, 2.24) is 10.2 Å². The standard InChI is InChI=1S/C16H24F2N2O3/c1-5-11(2)20(3)9-8-19-15(21)12-6-7-13(22-4)14(10-12)23-16(17)18/h6-7,10-11,16H,5,8-9H2,1-4H3,(H,19,21). The number of halogens is 2. The number of alkyl halides is 2. The van der Waals surface area contributed by atoms with E-state index in [-0.39, 0.29) is 23.0 Å². The zero-order chi connectivity index (χ0) is 17.4. The third-order valence-electron chi connectivity index (χ3n) is 3.74. The third kappa shape index (κ3) is 6.02. The lowest BCUT2D eigenvalue weighted by molar-refractivity contribution is -0.0512. The highest BCUT2D eigenvalue weighted by Gasteiger charge is 2.14. The first-order valence-corrected chi connectivity index (χ1v) is 7.50. The Labute approximate surface area is 135 Å². The van der Waals surface area contributed by atoms with Crippen molar-refractivity contribution in [3.05, 3.63) is 23.8 Å². The first kappa shape index (κ1) is 19.2. The molecule has 1 atom stereocenters. The summed E-state index contributed by atoms with van der Waals surface area (Å²) < 4.78 is 34.1. The fourth-order valence-corrected chi connectivity index (χ4v) is 1.99. The third-order valence-corrected chi connectivity index (χ3v) is 3.74. The molecule has 0 bridgehead atoms. The van der Waals surface area contributed by atoms with Crippen LogP contribution in [0.25, 0.3) is 0 Å². The van der Waals surface area contributed by atoms with E-state index in [1.165, 1.54) is 25.3 Å². The fourth-order valence-electron chi connectivity index (χ4n) is 1.99. The Hall–Kier alpha value is -1.89. The lowest BCUT2D eigenvalue weighted by atomic mass is 10.2. The van der Waals surface area contributed by atoms with E-state index in [1.54, 1.807) is 0 Å². The molecule has 5 nitrogen and oxygen atoms in total. The zero-order valence-corrected chi connectivity index (χ0v) is 13.9. The lowest BCUT2D eigenvalue weighted by Crippen LogP contribution is -2.37. The Bertz CT molecular complexity index is 512. The average Bonchev–Trinajstić information content (AvgIpc) is 2.53. The van der Waals surface area contributed by atoms with Gasteiger partial charge in [0.2, 0.25) is 0 Å². The van der Waals surface area contributed by atoms with Crippen molar-refractivity contribution < 1.29 is 23.0 Å². The molecule has 23 heavy (non-hydrogen) atoms. The van der Waals surface area contributed by atoms with Crippen LogP contribution in [0.3, 0.4) is 0 Å². The molecule has 0 aliphatic carbocycles. The predicted molar refractivity (Wildman–Crippen MR) is 84.3 cm³/mol. The number of likely N-dealkylation sites (N-methyl/N-ethyl adjacent to an activating group) is 1. The van der Waals surface area contributed by atoms with Crippen molar-refractivity contribution in [2.45, 2.75) is 32.9 Å². The molecule has 0 saturated heterocycles. The normalized spacial score (nSPS) is 12.3. The van der Waals surface area contributed by atoms with Crippen LogP contribution < -0.4 is 14.8 Å². The Balaban J connectivity index is 2.65. The average molecular weight is 330 g/mol. The molecule has 0 aliphatic rings. The van der Waals surface area contributed by atoms with Crippen LogP contribution in [0.2, 0.25) is 0 Å². The number of hydrogen-bond acceptors (Lipinski definition) is 4. The quantitative estimate of drug-likeness (QED) is 0.756. The molecule has 0 fully saturated rings. The molecule has 0 aliphatic heterocycles. The number of rotatable bonds is 9. The second-order valence-electron chi connectivity index (χ2n) is 5.24. The molecule has 0 spiro atoms. The van der Waals surface area contributed by atoms with E-state index in [2.05, 4.69) is 28.8 Å². The van der Waals surface area contributed by atoms with Crippen LogP contribution in [-0.4, -0.2) is 50.7 Å². The Morgan fingerprint density at radius 3 is 2.61 bits per heavy atom. The summed E-state index contributed by atoms with van der Waals surface area (Å²) in [6.45, 7) is 2.40. The van der Waals surface area contributed by atoms with E-state index in [0.717, 1.165) is 6.42 Å². The van der Waals surface area contributed by atoms with Gasteiger partial charge in [-0.15, -0.1) is 0 Å². The fraction of sp³-hybridized carbons (Fsp3) is 0.562. The second-order valence-corrected chi connectivity index (χ2v) is 5.24. The number of ether oxygens (including phenoxy) is 2. The summed E-state index contributed by atoms with van der Waals surface area (Å²) in [5, 5.41) is 2.76. The van der Waals surface area contributed by atoms with Gasteiger partial charge in [-0.1, -0.05) is 6.92 Å². The van der Waals surface area contributed by atoms with Crippen LogP contribution in [0.5, 0.6) is 11.5 Å². The molecule has 7 heteroatoms. The Morgan fingerprint density at radius 2 is 2.04 bits per heavy atom. The van der Waals surface area contributed by atoms with Crippen LogP contribution in [0.4, 0.5) is 8.78 Å². The minimum atomic E-state index is -2.98. The first-order valence-electron chi connectivity index (χ1n) is 7.50. The summed E-state index contributed by atoms with van der Waals surface area (Å²) in [7, 11) is 3.33. The van der Waals surface area contributed by atoms with Gasteiger partial charge in [0.05, 0.1) is 7.11 Å². The van der Waals surface area contributed by atoms with Crippen molar-refractivity contribution in [1.29, 1.82) is 0 Å². The highest BCUT2D eigenvalue weighted by Crippen LogP contribution is 2.29. The molecule has 1 amide bonds. The van der Waals surface area contributed by atoms with Gasteiger partial charge in [-0.25, -0.2) is 0 Å². The zero-order valence-electron chi connectivity index (χ0n) is 13.9. The minimum absolute atomic E-state index is 0.151. The van der Waals surface area contributed by atoms with Gasteiger partial charge >= 0.3 is 6.61 Å². The first-order chi connectivity index (χ1) is 10.9. The van der Waals surface area contributed by atoms with E-state index in [1.807, 2.05) is 7.05 Å². The number of benzene rings is 1. The Kier molecular flexibility index (Phi) is 7.74. The summed E-state index contributed by atoms with van der Waals surface area (Å²) in [4.78, 5) is 14.2. The van der Waals surface area contributed by atoms with Crippen LogP contribution in [0.1, 0.15) is 30.6 Å². The van der Waals surface area contributed by atoms with Gasteiger partial charge in [-0.3, -0.25) is 4.79 Å². The smallest absolute Gasteiger partial charge is 0.387 e. The number of amides is 1. The number of hydrogen-bond donors (Lipinski definition) is 1. The molecule has 1 rings (SSSR count). The summed E-state index contributed by atoms with van der Waals surface area (Å²) >= 11 is 0. The van der Waals surface area contributed by atoms with Crippen LogP contribution in [-0.2, 0) is 0 Å². The number of carbonyl (C=O) groups excluding carboxylic acids is 1. The van der Waals surface area contributed by atoms with Crippen LogP contribution in [0.15, 0.2) is 18.2 Å². The van der Waals surface area contributed by atoms with Gasteiger partial charge < -0.3 is 19.7 Å². The maximum absolute atomic E-state index is 12.4. The molecule has 0 radical (unpaired) electrons. The molecule has 0 aromatic heterocycles. The van der Waals surface area contributed by atoms with Crippen LogP contribution >= 0.6 is 0 Å². The molecule has 0 saturated carbocycles. The van der Waals surface area contributed by atoms with Crippen LogP contribution in [0, 0.1) is 0 Å². The van der Waals surface area contributed by atoms with Crippen molar-refractivity contribution in [2.75, 3.05) is 27.2 Å². The van der Waals surface area contributed by atoms with Crippen molar-refractivity contribution in [3.8, 4) is 11.5 Å². The molecule has 130 valence electrons. The van der Waals surface area contributed by atoms with E-state index in [4.69, 9.17) is 4.74 Å². The lowest BCUT2D eigenvalue weighted by Gasteiger charge is -2.23. The summed E-state index contributed by atoms with van der Waals surface area (Å²) in [6, 6.07) is 4.61. The SMILES string of the molecule is CCC(C)N(C)CCNC(=O)c1ccc(OC)c(OC(F)F)c1. The molecule has 1 N–H and O–H groups in total. The number of nitrogens with zero attached hydrogens (tertiary/aromatic N) is 1. The topological polar surface area (TPSA) is 50.8 Å². The number of carbonyl (C=O) groups is 1. The second kappa shape index (κ2) is 9.29. The van der Waals surface area contributed by atoms with Gasteiger partial charge in [0.25, 0.3) is 5.91 Å². The summed E-state index contributed by atoms with van der Waals surface area (Å²) in [6.07, 6.45) is 1.03. The monoisotopic (exact) mass is 330 g/mol. The van der Waals surface area contributed by atoms with Gasteiger partial charge in [0.15, 0.2) is 11.5 Å². The number of methoxy groups -OCH3 is 1. The molecule has 1 aromatic carbocycles. The number of nitrogens with one attached hydrogen (secondary N) is 1. The van der Waals surface area contributed by atoms with Gasteiger partial charge in [0, 0.05) is 24.7 Å². The van der Waals surface area contributed by atoms with Crippen molar-refractivity contribution >= 4 is 5.91 Å². The van der Waals surface area contributed by atoms with Crippen molar-refractivity contribution in [3.63, 3.8) is 0 Å². The van der Waals surface area contributed by atoms with E-state index in [0.29, 0.717) is 19.1 Å². The van der Waals surface area contributed by atoms with Crippen molar-refractivity contribution in [2.24, 2.45) is 0 Å². The van der Waals surface area contributed by atoms with Gasteiger partial charge in [-0.2, -0.15) is 8.78 Å². The predicted octanol–water partition coefficient (Wildman–Crippen LogP) is 2.76. The highest BCUT2D eigenvalue weighted by molar-refractivity contribution is 5.94. The molecular weight excluding hydrogens is 306 g/mol. The van der Waals surface area contributed by atoms with E-state index < -0.39 is 6.61 Å². The van der Waals surface area contributed by atoms with Gasteiger partial charge in [-0.05, 0) is 38.6 Å². The highest BCUT2D eigenvalue weighted by atomic mass is 19.3. The maximum Gasteiger partial charge on any atom is 0.387 e. The van der Waals surface area contributed by atoms with E-state index >= 15 is 0 Å². The molecule has 1 unspecified atom stereocenters. The minimum Gasteiger partial charge on any atom is -0.493 e. The summed E-state index contributed by atoms with van der Waals surface area (Å²) in [5.74, 6) is -0.352. The largest absolute Gasteiger partial charge is 0.493 e. The molecular formula is C16H24F2N2O3. The van der Waals surface area contributed by atoms with Gasteiger partial charge in [0.1, 0.15) is 0 Å². The maximum atomic E-state index is 12.4. The summed E-state index contributed by atoms with van der Waals surface area (Å²) in [5.41, 5.74) is 0.243. The Morgan fingerprint density at radius 1 is 1.35 bits per heavy atom. The van der Waals surface area contributed by atoms with E-state index in [9.17, 15) is 13.6 Å². The molecule has 1 aromatic rings. The molecule has 0 heterocycles.